The van der Waals surface area contributed by atoms with Crippen molar-refractivity contribution < 1.29 is 28.5 Å². The number of esters is 1. The number of hydrogen-bond acceptors (Lipinski definition) is 8. The number of imidazole rings is 1. The van der Waals surface area contributed by atoms with E-state index >= 15 is 0 Å². The van der Waals surface area contributed by atoms with Gasteiger partial charge in [0.15, 0.2) is 11.5 Å². The van der Waals surface area contributed by atoms with Crippen LogP contribution < -0.4 is 19.5 Å². The summed E-state index contributed by atoms with van der Waals surface area (Å²) in [6, 6.07) is 10.7. The van der Waals surface area contributed by atoms with Crippen LogP contribution in [-0.4, -0.2) is 57.2 Å². The molecule has 9 heteroatoms. The van der Waals surface area contributed by atoms with E-state index in [0.29, 0.717) is 46.6 Å². The molecule has 1 aliphatic heterocycles. The summed E-state index contributed by atoms with van der Waals surface area (Å²) >= 11 is 0. The van der Waals surface area contributed by atoms with E-state index in [1.807, 2.05) is 41.8 Å². The Bertz CT molecular complexity index is 1220. The highest BCUT2D eigenvalue weighted by atomic mass is 16.6. The molecule has 4 rings (SSSR count). The predicted molar refractivity (Wildman–Crippen MR) is 123 cm³/mol. The number of carbonyl (C=O) groups is 1. The quantitative estimate of drug-likeness (QED) is 0.409. The van der Waals surface area contributed by atoms with Gasteiger partial charge in [-0.2, -0.15) is 0 Å². The maximum atomic E-state index is 13.3. The van der Waals surface area contributed by atoms with Crippen LogP contribution in [-0.2, 0) is 14.3 Å². The van der Waals surface area contributed by atoms with Crippen molar-refractivity contribution in [2.45, 2.75) is 13.0 Å². The van der Waals surface area contributed by atoms with E-state index < -0.39 is 12.0 Å². The first kappa shape index (κ1) is 22.5. The lowest BCUT2D eigenvalue weighted by atomic mass is 9.93. The first-order chi connectivity index (χ1) is 16.0. The Balaban J connectivity index is 1.96. The molecule has 1 atom stereocenters. The molecule has 1 aromatic heterocycles. The zero-order valence-corrected chi connectivity index (χ0v) is 19.3. The fraction of sp³-hybridized carbons (Fsp3) is 0.333. The Labute approximate surface area is 191 Å². The molecule has 0 bridgehead atoms. The summed E-state index contributed by atoms with van der Waals surface area (Å²) in [5, 5.41) is 3.26. The maximum Gasteiger partial charge on any atom is 0.338 e. The second-order valence-electron chi connectivity index (χ2n) is 7.44. The number of fused-ring (bicyclic) bond motifs is 3. The third kappa shape index (κ3) is 3.95. The summed E-state index contributed by atoms with van der Waals surface area (Å²) in [6.07, 6.45) is 0. The fourth-order valence-electron chi connectivity index (χ4n) is 4.08. The molecule has 174 valence electrons. The topological polar surface area (TPSA) is 93.1 Å². The van der Waals surface area contributed by atoms with Gasteiger partial charge in [0.2, 0.25) is 5.95 Å². The van der Waals surface area contributed by atoms with Crippen molar-refractivity contribution >= 4 is 23.0 Å². The Morgan fingerprint density at radius 3 is 2.39 bits per heavy atom. The van der Waals surface area contributed by atoms with Crippen molar-refractivity contribution in [2.75, 3.05) is 47.0 Å². The number of benzene rings is 2. The van der Waals surface area contributed by atoms with E-state index in [1.165, 1.54) is 0 Å². The second-order valence-corrected chi connectivity index (χ2v) is 7.44. The summed E-state index contributed by atoms with van der Waals surface area (Å²) in [4.78, 5) is 18.0. The van der Waals surface area contributed by atoms with Gasteiger partial charge in [-0.1, -0.05) is 12.1 Å². The first-order valence-corrected chi connectivity index (χ1v) is 10.4. The van der Waals surface area contributed by atoms with Crippen LogP contribution in [0.15, 0.2) is 47.7 Å². The number of aromatic nitrogens is 2. The van der Waals surface area contributed by atoms with Crippen LogP contribution in [0.1, 0.15) is 18.5 Å². The van der Waals surface area contributed by atoms with Crippen LogP contribution in [0.3, 0.4) is 0 Å². The molecule has 0 aliphatic carbocycles. The Kier molecular flexibility index (Phi) is 6.41. The zero-order chi connectivity index (χ0) is 23.5. The molecule has 0 radical (unpaired) electrons. The SMILES string of the molecule is COCCOC(=O)C1=C(C)Nc2nc3ccccc3n2[C@H]1c1cc(OC)c(OC)cc1OC. The second kappa shape index (κ2) is 9.41. The standard InChI is InChI=1S/C24H27N3O6/c1-14-21(23(28)33-11-10-29-2)22(15-12-19(31-4)20(32-5)13-18(15)30-3)27-17-9-7-6-8-16(17)26-24(27)25-14/h6-9,12-13,22H,10-11H2,1-5H3,(H,25,26)/t22-/m0/s1. The fourth-order valence-corrected chi connectivity index (χ4v) is 4.08. The van der Waals surface area contributed by atoms with Gasteiger partial charge < -0.3 is 29.0 Å². The summed E-state index contributed by atoms with van der Waals surface area (Å²) in [5.41, 5.74) is 3.44. The van der Waals surface area contributed by atoms with Gasteiger partial charge in [0.25, 0.3) is 0 Å². The van der Waals surface area contributed by atoms with Gasteiger partial charge in [-0.05, 0) is 25.1 Å². The van der Waals surface area contributed by atoms with Crippen molar-refractivity contribution in [1.82, 2.24) is 9.55 Å². The van der Waals surface area contributed by atoms with Crippen molar-refractivity contribution in [2.24, 2.45) is 0 Å². The van der Waals surface area contributed by atoms with Crippen molar-refractivity contribution in [1.29, 1.82) is 0 Å². The van der Waals surface area contributed by atoms with Gasteiger partial charge in [0.05, 0.1) is 50.6 Å². The number of nitrogens with one attached hydrogen (secondary N) is 1. The van der Waals surface area contributed by atoms with Gasteiger partial charge in [-0.25, -0.2) is 9.78 Å². The zero-order valence-electron chi connectivity index (χ0n) is 19.3. The van der Waals surface area contributed by atoms with E-state index in [1.54, 1.807) is 34.5 Å². The molecule has 2 heterocycles. The third-order valence-electron chi connectivity index (χ3n) is 5.60. The highest BCUT2D eigenvalue weighted by Crippen LogP contribution is 2.45. The van der Waals surface area contributed by atoms with Crippen LogP contribution in [0.5, 0.6) is 17.2 Å². The molecule has 0 saturated heterocycles. The molecule has 1 aliphatic rings. The van der Waals surface area contributed by atoms with Gasteiger partial charge >= 0.3 is 5.97 Å². The Hall–Kier alpha value is -3.72. The Morgan fingerprint density at radius 2 is 1.70 bits per heavy atom. The lowest BCUT2D eigenvalue weighted by Gasteiger charge is -2.31. The van der Waals surface area contributed by atoms with Crippen molar-refractivity contribution in [3.8, 4) is 17.2 Å². The van der Waals surface area contributed by atoms with Gasteiger partial charge in [0.1, 0.15) is 12.4 Å². The number of para-hydroxylation sites is 2. The third-order valence-corrected chi connectivity index (χ3v) is 5.60. The number of ether oxygens (including phenoxy) is 5. The highest BCUT2D eigenvalue weighted by Gasteiger charge is 2.37. The molecule has 0 fully saturated rings. The van der Waals surface area contributed by atoms with Crippen LogP contribution in [0.25, 0.3) is 11.0 Å². The molecule has 0 saturated carbocycles. The molecule has 3 aromatic rings. The summed E-state index contributed by atoms with van der Waals surface area (Å²) < 4.78 is 29.3. The van der Waals surface area contributed by atoms with Crippen molar-refractivity contribution in [3.63, 3.8) is 0 Å². The molecular formula is C24H27N3O6. The van der Waals surface area contributed by atoms with E-state index in [9.17, 15) is 4.79 Å². The van der Waals surface area contributed by atoms with E-state index in [-0.39, 0.29) is 6.61 Å². The molecule has 1 N–H and O–H groups in total. The summed E-state index contributed by atoms with van der Waals surface area (Å²) in [5.74, 6) is 1.74. The molecule has 0 spiro atoms. The first-order valence-electron chi connectivity index (χ1n) is 10.4. The average Bonchev–Trinajstić information content (AvgIpc) is 3.20. The minimum absolute atomic E-state index is 0.138. The lowest BCUT2D eigenvalue weighted by Crippen LogP contribution is -2.29. The molecular weight excluding hydrogens is 426 g/mol. The van der Waals surface area contributed by atoms with Gasteiger partial charge in [-0.3, -0.25) is 4.57 Å². The minimum Gasteiger partial charge on any atom is -0.496 e. The molecule has 0 unspecified atom stereocenters. The number of methoxy groups -OCH3 is 4. The summed E-state index contributed by atoms with van der Waals surface area (Å²) in [7, 11) is 6.26. The van der Waals surface area contributed by atoms with E-state index in [2.05, 4.69) is 5.32 Å². The average molecular weight is 453 g/mol. The number of nitrogens with zero attached hydrogens (tertiary/aromatic N) is 2. The number of hydrogen-bond donors (Lipinski definition) is 1. The molecule has 2 aromatic carbocycles. The van der Waals surface area contributed by atoms with Crippen LogP contribution in [0, 0.1) is 0 Å². The predicted octanol–water partition coefficient (Wildman–Crippen LogP) is 3.54. The number of allylic oxidation sites excluding steroid dienone is 1. The van der Waals surface area contributed by atoms with E-state index in [0.717, 1.165) is 11.0 Å². The minimum atomic E-state index is -0.585. The highest BCUT2D eigenvalue weighted by molar-refractivity contribution is 5.94. The largest absolute Gasteiger partial charge is 0.496 e. The van der Waals surface area contributed by atoms with E-state index in [4.69, 9.17) is 28.7 Å². The van der Waals surface area contributed by atoms with Crippen LogP contribution in [0.4, 0.5) is 5.95 Å². The number of carbonyl (C=O) groups excluding carboxylic acids is 1. The monoisotopic (exact) mass is 453 g/mol. The molecule has 0 amide bonds. The lowest BCUT2D eigenvalue weighted by molar-refractivity contribution is -0.140. The molecule has 9 nitrogen and oxygen atoms in total. The maximum absolute atomic E-state index is 13.3. The Morgan fingerprint density at radius 1 is 1.00 bits per heavy atom. The van der Waals surface area contributed by atoms with Crippen LogP contribution >= 0.6 is 0 Å². The number of rotatable bonds is 8. The van der Waals surface area contributed by atoms with Crippen LogP contribution in [0.2, 0.25) is 0 Å². The normalized spacial score (nSPS) is 15.1. The van der Waals surface area contributed by atoms with Gasteiger partial charge in [0, 0.05) is 24.4 Å². The van der Waals surface area contributed by atoms with Gasteiger partial charge in [-0.15, -0.1) is 0 Å². The number of anilines is 1. The molecule has 33 heavy (non-hydrogen) atoms. The van der Waals surface area contributed by atoms with Crippen molar-refractivity contribution in [3.05, 3.63) is 53.2 Å². The summed E-state index contributed by atoms with van der Waals surface area (Å²) in [6.45, 7) is 2.27. The smallest absolute Gasteiger partial charge is 0.338 e.